The predicted molar refractivity (Wildman–Crippen MR) is 137 cm³/mol. The SMILES string of the molecule is CN(CCCc1cc(-c2ccccc2)n[nH]1)C(=O)c1nn(-c2ccccc2)c(=O)c2ccccc12. The van der Waals surface area contributed by atoms with Gasteiger partial charge in [0.05, 0.1) is 16.8 Å². The van der Waals surface area contributed by atoms with Crippen LogP contribution in [0.25, 0.3) is 27.7 Å². The maximum Gasteiger partial charge on any atom is 0.279 e. The molecule has 0 atom stereocenters. The molecule has 0 fully saturated rings. The van der Waals surface area contributed by atoms with Crippen molar-refractivity contribution in [3.8, 4) is 16.9 Å². The van der Waals surface area contributed by atoms with Crippen molar-refractivity contribution >= 4 is 16.7 Å². The Balaban J connectivity index is 1.34. The number of nitrogens with zero attached hydrogens (tertiary/aromatic N) is 4. The van der Waals surface area contributed by atoms with Gasteiger partial charge in [-0.15, -0.1) is 0 Å². The van der Waals surface area contributed by atoms with Crippen molar-refractivity contribution in [2.24, 2.45) is 0 Å². The molecule has 0 aliphatic carbocycles. The molecule has 0 radical (unpaired) electrons. The number of amides is 1. The van der Waals surface area contributed by atoms with Gasteiger partial charge in [-0.25, -0.2) is 0 Å². The fourth-order valence-electron chi connectivity index (χ4n) is 4.13. The molecular formula is C28H25N5O2. The fraction of sp³-hybridized carbons (Fsp3) is 0.143. The van der Waals surface area contributed by atoms with Crippen molar-refractivity contribution in [2.45, 2.75) is 12.8 Å². The first kappa shape index (κ1) is 22.3. The van der Waals surface area contributed by atoms with E-state index in [1.807, 2.05) is 60.7 Å². The summed E-state index contributed by atoms with van der Waals surface area (Å²) in [6.07, 6.45) is 1.52. The molecule has 1 N–H and O–H groups in total. The van der Waals surface area contributed by atoms with E-state index in [0.29, 0.717) is 23.0 Å². The van der Waals surface area contributed by atoms with Gasteiger partial charge in [0.25, 0.3) is 11.5 Å². The number of aryl methyl sites for hydroxylation is 1. The molecule has 2 heterocycles. The van der Waals surface area contributed by atoms with Crippen LogP contribution >= 0.6 is 0 Å². The monoisotopic (exact) mass is 463 g/mol. The van der Waals surface area contributed by atoms with Crippen LogP contribution in [0.4, 0.5) is 0 Å². The van der Waals surface area contributed by atoms with Crippen molar-refractivity contribution in [3.05, 3.63) is 113 Å². The van der Waals surface area contributed by atoms with Gasteiger partial charge in [0.15, 0.2) is 5.69 Å². The van der Waals surface area contributed by atoms with E-state index in [9.17, 15) is 9.59 Å². The summed E-state index contributed by atoms with van der Waals surface area (Å²) < 4.78 is 1.30. The van der Waals surface area contributed by atoms with Crippen LogP contribution in [0.3, 0.4) is 0 Å². The third-order valence-corrected chi connectivity index (χ3v) is 6.00. The Morgan fingerprint density at radius 1 is 0.914 bits per heavy atom. The zero-order valence-electron chi connectivity index (χ0n) is 19.4. The molecule has 174 valence electrons. The van der Waals surface area contributed by atoms with E-state index in [-0.39, 0.29) is 17.2 Å². The molecule has 0 saturated heterocycles. The number of carbonyl (C=O) groups excluding carboxylic acids is 1. The molecule has 3 aromatic carbocycles. The fourth-order valence-corrected chi connectivity index (χ4v) is 4.13. The van der Waals surface area contributed by atoms with E-state index in [1.54, 1.807) is 42.3 Å². The van der Waals surface area contributed by atoms with Gasteiger partial charge >= 0.3 is 0 Å². The minimum absolute atomic E-state index is 0.222. The topological polar surface area (TPSA) is 83.9 Å². The van der Waals surface area contributed by atoms with Crippen molar-refractivity contribution in [1.29, 1.82) is 0 Å². The standard InChI is InChI=1S/C28H25N5O2/c1-32(18-10-13-21-19-25(30-29-21)20-11-4-2-5-12-20)28(35)26-23-16-8-9-17-24(23)27(34)33(31-26)22-14-6-3-7-15-22/h2-9,11-12,14-17,19H,10,13,18H2,1H3,(H,29,30). The summed E-state index contributed by atoms with van der Waals surface area (Å²) >= 11 is 0. The third-order valence-electron chi connectivity index (χ3n) is 6.00. The quantitative estimate of drug-likeness (QED) is 0.386. The lowest BCUT2D eigenvalue weighted by Crippen LogP contribution is -2.32. The number of para-hydroxylation sites is 1. The smallest absolute Gasteiger partial charge is 0.279 e. The Labute approximate surface area is 202 Å². The highest BCUT2D eigenvalue weighted by Gasteiger charge is 2.20. The highest BCUT2D eigenvalue weighted by Crippen LogP contribution is 2.19. The second-order valence-corrected chi connectivity index (χ2v) is 8.42. The van der Waals surface area contributed by atoms with Crippen molar-refractivity contribution in [3.63, 3.8) is 0 Å². The summed E-state index contributed by atoms with van der Waals surface area (Å²) in [6, 6.07) is 28.3. The van der Waals surface area contributed by atoms with Crippen molar-refractivity contribution < 1.29 is 4.79 Å². The number of aromatic nitrogens is 4. The van der Waals surface area contributed by atoms with Gasteiger partial charge in [-0.3, -0.25) is 14.7 Å². The van der Waals surface area contributed by atoms with Crippen LogP contribution < -0.4 is 5.56 Å². The molecule has 0 bridgehead atoms. The summed E-state index contributed by atoms with van der Waals surface area (Å²) in [5.74, 6) is -0.222. The number of carbonyl (C=O) groups is 1. The van der Waals surface area contributed by atoms with Crippen LogP contribution in [0.15, 0.2) is 95.8 Å². The summed E-state index contributed by atoms with van der Waals surface area (Å²) in [7, 11) is 1.76. The first-order valence-electron chi connectivity index (χ1n) is 11.5. The molecule has 7 heteroatoms. The summed E-state index contributed by atoms with van der Waals surface area (Å²) in [6.45, 7) is 0.541. The molecule has 2 aromatic heterocycles. The molecule has 5 rings (SSSR count). The van der Waals surface area contributed by atoms with Crippen molar-refractivity contribution in [2.75, 3.05) is 13.6 Å². The maximum absolute atomic E-state index is 13.4. The van der Waals surface area contributed by atoms with E-state index in [1.165, 1.54) is 4.68 Å². The van der Waals surface area contributed by atoms with Gasteiger partial charge in [0, 0.05) is 30.2 Å². The molecule has 0 saturated carbocycles. The number of benzene rings is 3. The molecule has 0 aliphatic heterocycles. The van der Waals surface area contributed by atoms with Gasteiger partial charge in [-0.2, -0.15) is 14.9 Å². The summed E-state index contributed by atoms with van der Waals surface area (Å²) in [5.41, 5.74) is 3.62. The third kappa shape index (κ3) is 4.61. The largest absolute Gasteiger partial charge is 0.340 e. The molecule has 5 aromatic rings. The Kier molecular flexibility index (Phi) is 6.22. The zero-order valence-corrected chi connectivity index (χ0v) is 19.4. The first-order chi connectivity index (χ1) is 17.1. The van der Waals surface area contributed by atoms with E-state index in [2.05, 4.69) is 15.3 Å². The summed E-state index contributed by atoms with van der Waals surface area (Å²) in [4.78, 5) is 28.1. The Morgan fingerprint density at radius 2 is 1.57 bits per heavy atom. The predicted octanol–water partition coefficient (Wildman–Crippen LogP) is 4.48. The van der Waals surface area contributed by atoms with E-state index >= 15 is 0 Å². The van der Waals surface area contributed by atoms with Crippen molar-refractivity contribution in [1.82, 2.24) is 24.9 Å². The molecular weight excluding hydrogens is 438 g/mol. The number of hydrogen-bond donors (Lipinski definition) is 1. The van der Waals surface area contributed by atoms with Crippen LogP contribution in [0.5, 0.6) is 0 Å². The van der Waals surface area contributed by atoms with Gasteiger partial charge in [0.1, 0.15) is 0 Å². The minimum Gasteiger partial charge on any atom is -0.340 e. The van der Waals surface area contributed by atoms with Crippen LogP contribution in [0, 0.1) is 0 Å². The normalized spacial score (nSPS) is 11.0. The number of nitrogens with one attached hydrogen (secondary N) is 1. The lowest BCUT2D eigenvalue weighted by molar-refractivity contribution is 0.0788. The first-order valence-corrected chi connectivity index (χ1v) is 11.5. The number of H-pyrrole nitrogens is 1. The number of hydrogen-bond acceptors (Lipinski definition) is 4. The van der Waals surface area contributed by atoms with E-state index in [0.717, 1.165) is 29.8 Å². The second kappa shape index (κ2) is 9.77. The molecule has 0 aliphatic rings. The number of aromatic amines is 1. The second-order valence-electron chi connectivity index (χ2n) is 8.42. The number of fused-ring (bicyclic) bond motifs is 1. The van der Waals surface area contributed by atoms with Crippen LogP contribution in [0.1, 0.15) is 22.6 Å². The van der Waals surface area contributed by atoms with E-state index in [4.69, 9.17) is 0 Å². The van der Waals surface area contributed by atoms with Gasteiger partial charge in [-0.1, -0.05) is 66.7 Å². The highest BCUT2D eigenvalue weighted by atomic mass is 16.2. The zero-order chi connectivity index (χ0) is 24.2. The van der Waals surface area contributed by atoms with E-state index < -0.39 is 0 Å². The average molecular weight is 464 g/mol. The molecule has 0 spiro atoms. The molecule has 35 heavy (non-hydrogen) atoms. The van der Waals surface area contributed by atoms with Crippen LogP contribution in [-0.4, -0.2) is 44.4 Å². The van der Waals surface area contributed by atoms with Gasteiger partial charge < -0.3 is 4.90 Å². The van der Waals surface area contributed by atoms with Crippen LogP contribution in [0.2, 0.25) is 0 Å². The number of rotatable bonds is 7. The molecule has 7 nitrogen and oxygen atoms in total. The Hall–Kier alpha value is -4.52. The van der Waals surface area contributed by atoms with Gasteiger partial charge in [0.2, 0.25) is 0 Å². The Morgan fingerprint density at radius 3 is 2.31 bits per heavy atom. The lowest BCUT2D eigenvalue weighted by Gasteiger charge is -2.18. The van der Waals surface area contributed by atoms with Gasteiger partial charge in [-0.05, 0) is 37.1 Å². The maximum atomic E-state index is 13.4. The Bertz CT molecular complexity index is 1520. The van der Waals surface area contributed by atoms with Crippen LogP contribution in [-0.2, 0) is 6.42 Å². The minimum atomic E-state index is -0.250. The molecule has 0 unspecified atom stereocenters. The summed E-state index contributed by atoms with van der Waals surface area (Å²) in [5, 5.41) is 13.0. The average Bonchev–Trinajstić information content (AvgIpc) is 3.39. The lowest BCUT2D eigenvalue weighted by atomic mass is 10.1. The highest BCUT2D eigenvalue weighted by molar-refractivity contribution is 6.04. The molecule has 1 amide bonds.